The Morgan fingerprint density at radius 1 is 1.67 bits per heavy atom. The molecule has 0 aliphatic carbocycles. The van der Waals surface area contributed by atoms with Crippen molar-refractivity contribution >= 4 is 0 Å². The first-order valence-electron chi connectivity index (χ1n) is 3.25. The standard InChI is InChI=1S/C6H12NO2/c8-4-6-3-7-1-2-9-5-6/h6,8H,1-5H2. The number of ether oxygens (including phenoxy) is 1. The Labute approximate surface area is 55.0 Å². The summed E-state index contributed by atoms with van der Waals surface area (Å²) in [7, 11) is 0. The van der Waals surface area contributed by atoms with Gasteiger partial charge in [0.1, 0.15) is 0 Å². The van der Waals surface area contributed by atoms with Crippen LogP contribution in [0.5, 0.6) is 0 Å². The molecule has 0 spiro atoms. The highest BCUT2D eigenvalue weighted by molar-refractivity contribution is 4.62. The van der Waals surface area contributed by atoms with Crippen LogP contribution in [0.25, 0.3) is 0 Å². The summed E-state index contributed by atoms with van der Waals surface area (Å²) in [4.78, 5) is 0. The predicted molar refractivity (Wildman–Crippen MR) is 33.3 cm³/mol. The molecule has 0 aromatic heterocycles. The van der Waals surface area contributed by atoms with Gasteiger partial charge in [0.2, 0.25) is 0 Å². The number of rotatable bonds is 1. The molecule has 1 atom stereocenters. The molecule has 0 aromatic rings. The van der Waals surface area contributed by atoms with Gasteiger partial charge in [0.05, 0.1) is 13.2 Å². The van der Waals surface area contributed by atoms with E-state index in [0.717, 1.165) is 19.7 Å². The van der Waals surface area contributed by atoms with E-state index in [1.165, 1.54) is 0 Å². The van der Waals surface area contributed by atoms with Crippen LogP contribution in [0.3, 0.4) is 0 Å². The number of aliphatic hydroxyl groups is 1. The lowest BCUT2D eigenvalue weighted by atomic mass is 10.2. The highest BCUT2D eigenvalue weighted by atomic mass is 16.5. The van der Waals surface area contributed by atoms with E-state index in [4.69, 9.17) is 9.84 Å². The molecule has 1 heterocycles. The zero-order chi connectivity index (χ0) is 6.53. The molecule has 0 bridgehead atoms. The third-order valence-electron chi connectivity index (χ3n) is 1.39. The SMILES string of the molecule is OCC1C[N]CCOC1. The number of aliphatic hydroxyl groups excluding tert-OH is 1. The monoisotopic (exact) mass is 130 g/mol. The summed E-state index contributed by atoms with van der Waals surface area (Å²) in [5, 5.41) is 12.8. The maximum absolute atomic E-state index is 8.68. The van der Waals surface area contributed by atoms with E-state index >= 15 is 0 Å². The van der Waals surface area contributed by atoms with Crippen LogP contribution in [-0.2, 0) is 4.74 Å². The number of hydrogen-bond donors (Lipinski definition) is 1. The Balaban J connectivity index is 2.18. The van der Waals surface area contributed by atoms with Crippen LogP contribution in [0.4, 0.5) is 0 Å². The molecule has 53 valence electrons. The van der Waals surface area contributed by atoms with Gasteiger partial charge in [0.15, 0.2) is 0 Å². The second-order valence-corrected chi connectivity index (χ2v) is 2.25. The summed E-state index contributed by atoms with van der Waals surface area (Å²) >= 11 is 0. The lowest BCUT2D eigenvalue weighted by Crippen LogP contribution is -2.20. The first kappa shape index (κ1) is 6.99. The smallest absolute Gasteiger partial charge is 0.0607 e. The molecule has 0 saturated carbocycles. The Hall–Kier alpha value is -0.120. The van der Waals surface area contributed by atoms with Crippen molar-refractivity contribution in [3.63, 3.8) is 0 Å². The fraction of sp³-hybridized carbons (Fsp3) is 1.00. The van der Waals surface area contributed by atoms with Gasteiger partial charge in [-0.1, -0.05) is 0 Å². The van der Waals surface area contributed by atoms with Gasteiger partial charge in [-0.05, 0) is 0 Å². The average Bonchev–Trinajstić information content (AvgIpc) is 2.13. The van der Waals surface area contributed by atoms with Crippen LogP contribution in [0, 0.1) is 5.92 Å². The highest BCUT2D eigenvalue weighted by Gasteiger charge is 2.10. The van der Waals surface area contributed by atoms with Gasteiger partial charge in [0, 0.05) is 25.6 Å². The number of hydrogen-bond acceptors (Lipinski definition) is 2. The molecule has 0 amide bonds. The van der Waals surface area contributed by atoms with Crippen molar-refractivity contribution in [2.24, 2.45) is 5.92 Å². The van der Waals surface area contributed by atoms with Crippen molar-refractivity contribution < 1.29 is 9.84 Å². The minimum Gasteiger partial charge on any atom is -0.396 e. The van der Waals surface area contributed by atoms with Crippen molar-refractivity contribution in [3.05, 3.63) is 0 Å². The molecular weight excluding hydrogens is 118 g/mol. The Kier molecular flexibility index (Phi) is 2.97. The molecule has 1 radical (unpaired) electrons. The molecular formula is C6H12NO2. The van der Waals surface area contributed by atoms with Crippen LogP contribution >= 0.6 is 0 Å². The average molecular weight is 130 g/mol. The summed E-state index contributed by atoms with van der Waals surface area (Å²) in [5.41, 5.74) is 0. The predicted octanol–water partition coefficient (Wildman–Crippen LogP) is -0.770. The van der Waals surface area contributed by atoms with E-state index in [0.29, 0.717) is 6.61 Å². The molecule has 1 N–H and O–H groups in total. The fourth-order valence-electron chi connectivity index (χ4n) is 0.816. The largest absolute Gasteiger partial charge is 0.396 e. The lowest BCUT2D eigenvalue weighted by molar-refractivity contribution is 0.0959. The van der Waals surface area contributed by atoms with Crippen LogP contribution in [0.1, 0.15) is 0 Å². The fourth-order valence-corrected chi connectivity index (χ4v) is 0.816. The van der Waals surface area contributed by atoms with Crippen molar-refractivity contribution in [2.45, 2.75) is 0 Å². The zero-order valence-electron chi connectivity index (χ0n) is 5.42. The number of nitrogens with zero attached hydrogens (tertiary/aromatic N) is 1. The topological polar surface area (TPSA) is 43.6 Å². The van der Waals surface area contributed by atoms with E-state index in [1.807, 2.05) is 0 Å². The first-order valence-corrected chi connectivity index (χ1v) is 3.25. The van der Waals surface area contributed by atoms with Crippen molar-refractivity contribution in [1.29, 1.82) is 0 Å². The van der Waals surface area contributed by atoms with Crippen molar-refractivity contribution in [1.82, 2.24) is 5.32 Å². The van der Waals surface area contributed by atoms with Crippen LogP contribution in [0.2, 0.25) is 0 Å². The molecule has 1 unspecified atom stereocenters. The summed E-state index contributed by atoms with van der Waals surface area (Å²) in [6, 6.07) is 0. The van der Waals surface area contributed by atoms with Crippen LogP contribution in [-0.4, -0.2) is 38.0 Å². The van der Waals surface area contributed by atoms with Crippen molar-refractivity contribution in [3.8, 4) is 0 Å². The zero-order valence-corrected chi connectivity index (χ0v) is 5.42. The maximum Gasteiger partial charge on any atom is 0.0607 e. The van der Waals surface area contributed by atoms with E-state index in [2.05, 4.69) is 5.32 Å². The summed E-state index contributed by atoms with van der Waals surface area (Å²) in [6.07, 6.45) is 0. The van der Waals surface area contributed by atoms with Crippen LogP contribution in [0.15, 0.2) is 0 Å². The summed E-state index contributed by atoms with van der Waals surface area (Å²) < 4.78 is 5.14. The Bertz CT molecular complexity index is 69.5. The van der Waals surface area contributed by atoms with E-state index in [-0.39, 0.29) is 12.5 Å². The van der Waals surface area contributed by atoms with Gasteiger partial charge in [-0.25, -0.2) is 5.32 Å². The molecule has 1 saturated heterocycles. The summed E-state index contributed by atoms with van der Waals surface area (Å²) in [6.45, 7) is 3.13. The normalized spacial score (nSPS) is 29.7. The second-order valence-electron chi connectivity index (χ2n) is 2.25. The second kappa shape index (κ2) is 3.82. The quantitative estimate of drug-likeness (QED) is 0.506. The molecule has 1 aliphatic rings. The molecule has 3 heteroatoms. The van der Waals surface area contributed by atoms with Gasteiger partial charge >= 0.3 is 0 Å². The van der Waals surface area contributed by atoms with Gasteiger partial charge in [-0.2, -0.15) is 0 Å². The first-order chi connectivity index (χ1) is 4.43. The van der Waals surface area contributed by atoms with Gasteiger partial charge in [-0.15, -0.1) is 0 Å². The van der Waals surface area contributed by atoms with Crippen LogP contribution < -0.4 is 5.32 Å². The summed E-state index contributed by atoms with van der Waals surface area (Å²) in [5.74, 6) is 0.243. The molecule has 3 nitrogen and oxygen atoms in total. The van der Waals surface area contributed by atoms with E-state index < -0.39 is 0 Å². The highest BCUT2D eigenvalue weighted by Crippen LogP contribution is 1.97. The van der Waals surface area contributed by atoms with Gasteiger partial charge in [0.25, 0.3) is 0 Å². The van der Waals surface area contributed by atoms with E-state index in [1.54, 1.807) is 0 Å². The van der Waals surface area contributed by atoms with Crippen molar-refractivity contribution in [2.75, 3.05) is 32.9 Å². The maximum atomic E-state index is 8.68. The minimum atomic E-state index is 0.198. The molecule has 0 aromatic carbocycles. The minimum absolute atomic E-state index is 0.198. The third-order valence-corrected chi connectivity index (χ3v) is 1.39. The molecule has 1 rings (SSSR count). The molecule has 1 fully saturated rings. The molecule has 9 heavy (non-hydrogen) atoms. The van der Waals surface area contributed by atoms with E-state index in [9.17, 15) is 0 Å². The third kappa shape index (κ3) is 2.30. The van der Waals surface area contributed by atoms with Gasteiger partial charge < -0.3 is 9.84 Å². The Morgan fingerprint density at radius 2 is 2.56 bits per heavy atom. The van der Waals surface area contributed by atoms with Gasteiger partial charge in [-0.3, -0.25) is 0 Å². The molecule has 1 aliphatic heterocycles. The Morgan fingerprint density at radius 3 is 3.33 bits per heavy atom. The lowest BCUT2D eigenvalue weighted by Gasteiger charge is -2.07.